The van der Waals surface area contributed by atoms with E-state index < -0.39 is 23.9 Å². The summed E-state index contributed by atoms with van der Waals surface area (Å²) in [7, 11) is 1.59. The SMILES string of the molecule is COc1ccc(NCC(=O)C(C)NC(=O)[C@H](CC(C)C)NC(=O)c2ccc3ccccc3n2)cc1. The van der Waals surface area contributed by atoms with E-state index in [1.807, 2.05) is 56.3 Å². The van der Waals surface area contributed by atoms with Gasteiger partial charge in [-0.1, -0.05) is 38.1 Å². The highest BCUT2D eigenvalue weighted by Gasteiger charge is 2.26. The molecule has 2 atom stereocenters. The van der Waals surface area contributed by atoms with Crippen molar-refractivity contribution in [2.24, 2.45) is 5.92 Å². The number of carbonyl (C=O) groups excluding carboxylic acids is 3. The number of fused-ring (bicyclic) bond motifs is 1. The molecule has 3 aromatic rings. The van der Waals surface area contributed by atoms with Crippen molar-refractivity contribution in [2.45, 2.75) is 39.3 Å². The van der Waals surface area contributed by atoms with Crippen LogP contribution in [0.1, 0.15) is 37.7 Å². The molecule has 2 amide bonds. The van der Waals surface area contributed by atoms with E-state index in [4.69, 9.17) is 4.74 Å². The predicted molar refractivity (Wildman–Crippen MR) is 137 cm³/mol. The van der Waals surface area contributed by atoms with Crippen LogP contribution in [-0.2, 0) is 9.59 Å². The summed E-state index contributed by atoms with van der Waals surface area (Å²) >= 11 is 0. The first-order valence-corrected chi connectivity index (χ1v) is 11.6. The van der Waals surface area contributed by atoms with Crippen molar-refractivity contribution in [1.29, 1.82) is 0 Å². The van der Waals surface area contributed by atoms with Gasteiger partial charge in [0.05, 0.1) is 25.2 Å². The number of ketones is 1. The number of hydrogen-bond acceptors (Lipinski definition) is 6. The summed E-state index contributed by atoms with van der Waals surface area (Å²) in [5.74, 6) is -0.146. The van der Waals surface area contributed by atoms with Gasteiger partial charge in [0, 0.05) is 11.1 Å². The van der Waals surface area contributed by atoms with Crippen molar-refractivity contribution in [2.75, 3.05) is 19.0 Å². The minimum atomic E-state index is -0.791. The number of aromatic nitrogens is 1. The van der Waals surface area contributed by atoms with E-state index in [-0.39, 0.29) is 23.9 Å². The number of anilines is 1. The van der Waals surface area contributed by atoms with E-state index in [2.05, 4.69) is 20.9 Å². The Morgan fingerprint density at radius 2 is 1.63 bits per heavy atom. The maximum absolute atomic E-state index is 13.0. The molecule has 0 aliphatic rings. The molecule has 1 aromatic heterocycles. The molecular formula is C27H32N4O4. The van der Waals surface area contributed by atoms with E-state index in [0.29, 0.717) is 11.9 Å². The zero-order valence-corrected chi connectivity index (χ0v) is 20.5. The second-order valence-electron chi connectivity index (χ2n) is 8.82. The predicted octanol–water partition coefficient (Wildman–Crippen LogP) is 3.57. The number of methoxy groups -OCH3 is 1. The van der Waals surface area contributed by atoms with Crippen LogP contribution in [0.4, 0.5) is 5.69 Å². The first kappa shape index (κ1) is 25.7. The van der Waals surface area contributed by atoms with Gasteiger partial charge in [0.1, 0.15) is 17.5 Å². The lowest BCUT2D eigenvalue weighted by molar-refractivity contribution is -0.128. The lowest BCUT2D eigenvalue weighted by Gasteiger charge is -2.22. The van der Waals surface area contributed by atoms with E-state index >= 15 is 0 Å². The molecule has 2 aromatic carbocycles. The molecule has 35 heavy (non-hydrogen) atoms. The van der Waals surface area contributed by atoms with Crippen LogP contribution in [0.15, 0.2) is 60.7 Å². The largest absolute Gasteiger partial charge is 0.497 e. The summed E-state index contributed by atoms with van der Waals surface area (Å²) in [6.07, 6.45) is 0.427. The Labute approximate surface area is 205 Å². The smallest absolute Gasteiger partial charge is 0.270 e. The van der Waals surface area contributed by atoms with E-state index in [1.54, 1.807) is 32.2 Å². The van der Waals surface area contributed by atoms with Gasteiger partial charge in [-0.25, -0.2) is 4.98 Å². The molecule has 0 bridgehead atoms. The first-order chi connectivity index (χ1) is 16.8. The Morgan fingerprint density at radius 3 is 2.31 bits per heavy atom. The van der Waals surface area contributed by atoms with Crippen molar-refractivity contribution < 1.29 is 19.1 Å². The Bertz CT molecular complexity index is 1180. The number of benzene rings is 2. The number of hydrogen-bond donors (Lipinski definition) is 3. The van der Waals surface area contributed by atoms with E-state index in [9.17, 15) is 14.4 Å². The summed E-state index contributed by atoms with van der Waals surface area (Å²) in [5, 5.41) is 9.50. The maximum atomic E-state index is 13.0. The van der Waals surface area contributed by atoms with Crippen molar-refractivity contribution in [3.8, 4) is 5.75 Å². The molecule has 0 radical (unpaired) electrons. The highest BCUT2D eigenvalue weighted by Crippen LogP contribution is 2.15. The van der Waals surface area contributed by atoms with Gasteiger partial charge in [-0.3, -0.25) is 14.4 Å². The Hall–Kier alpha value is -3.94. The minimum absolute atomic E-state index is 0.0516. The fourth-order valence-corrected chi connectivity index (χ4v) is 3.57. The average molecular weight is 477 g/mol. The third kappa shape index (κ3) is 7.27. The van der Waals surface area contributed by atoms with E-state index in [0.717, 1.165) is 16.8 Å². The minimum Gasteiger partial charge on any atom is -0.497 e. The lowest BCUT2D eigenvalue weighted by Crippen LogP contribution is -2.52. The van der Waals surface area contributed by atoms with Gasteiger partial charge in [0.25, 0.3) is 5.91 Å². The quantitative estimate of drug-likeness (QED) is 0.390. The van der Waals surface area contributed by atoms with Crippen LogP contribution in [0.25, 0.3) is 10.9 Å². The van der Waals surface area contributed by atoms with Gasteiger partial charge in [-0.15, -0.1) is 0 Å². The van der Waals surface area contributed by atoms with Gasteiger partial charge in [0.15, 0.2) is 5.78 Å². The number of amides is 2. The molecule has 0 spiro atoms. The molecule has 0 fully saturated rings. The van der Waals surface area contributed by atoms with Crippen LogP contribution in [-0.4, -0.2) is 48.3 Å². The number of nitrogens with zero attached hydrogens (tertiary/aromatic N) is 1. The second-order valence-corrected chi connectivity index (χ2v) is 8.82. The zero-order valence-electron chi connectivity index (χ0n) is 20.5. The van der Waals surface area contributed by atoms with Crippen LogP contribution in [0.5, 0.6) is 5.75 Å². The van der Waals surface area contributed by atoms with Crippen LogP contribution in [0.2, 0.25) is 0 Å². The molecule has 1 heterocycles. The van der Waals surface area contributed by atoms with Crippen molar-refractivity contribution in [3.63, 3.8) is 0 Å². The van der Waals surface area contributed by atoms with Crippen molar-refractivity contribution in [3.05, 3.63) is 66.4 Å². The molecule has 0 aliphatic carbocycles. The molecule has 8 heteroatoms. The fraction of sp³-hybridized carbons (Fsp3) is 0.333. The third-order valence-electron chi connectivity index (χ3n) is 5.56. The summed E-state index contributed by atoms with van der Waals surface area (Å²) in [6, 6.07) is 16.7. The number of rotatable bonds is 11. The van der Waals surface area contributed by atoms with Crippen LogP contribution in [0.3, 0.4) is 0 Å². The number of nitrogens with one attached hydrogen (secondary N) is 3. The standard InChI is InChI=1S/C27H32N4O4/c1-17(2)15-24(31-26(33)23-14-9-19-7-5-6-8-22(19)30-23)27(34)29-18(3)25(32)16-28-20-10-12-21(35-4)13-11-20/h5-14,17-18,24,28H,15-16H2,1-4H3,(H,29,34)(H,31,33)/t18?,24-/m0/s1. The zero-order chi connectivity index (χ0) is 25.4. The molecule has 0 saturated carbocycles. The van der Waals surface area contributed by atoms with Gasteiger partial charge in [-0.2, -0.15) is 0 Å². The molecule has 3 rings (SSSR count). The fourth-order valence-electron chi connectivity index (χ4n) is 3.57. The van der Waals surface area contributed by atoms with Crippen LogP contribution >= 0.6 is 0 Å². The molecule has 1 unspecified atom stereocenters. The molecule has 0 aliphatic heterocycles. The van der Waals surface area contributed by atoms with Crippen molar-refractivity contribution >= 4 is 34.2 Å². The lowest BCUT2D eigenvalue weighted by atomic mass is 10.0. The molecule has 8 nitrogen and oxygen atoms in total. The van der Waals surface area contributed by atoms with Crippen molar-refractivity contribution in [1.82, 2.24) is 15.6 Å². The monoisotopic (exact) mass is 476 g/mol. The second kappa shape index (κ2) is 12.0. The number of ether oxygens (including phenoxy) is 1. The van der Waals surface area contributed by atoms with Gasteiger partial charge in [0.2, 0.25) is 5.91 Å². The highest BCUT2D eigenvalue weighted by atomic mass is 16.5. The van der Waals surface area contributed by atoms with Crippen LogP contribution in [0, 0.1) is 5.92 Å². The summed E-state index contributed by atoms with van der Waals surface area (Å²) in [4.78, 5) is 42.8. The molecule has 3 N–H and O–H groups in total. The van der Waals surface area contributed by atoms with Gasteiger partial charge >= 0.3 is 0 Å². The number of Topliss-reactive ketones (excluding diaryl/α,β-unsaturated/α-hetero) is 1. The van der Waals surface area contributed by atoms with Crippen LogP contribution < -0.4 is 20.7 Å². The third-order valence-corrected chi connectivity index (χ3v) is 5.56. The topological polar surface area (TPSA) is 109 Å². The number of para-hydroxylation sites is 1. The van der Waals surface area contributed by atoms with Gasteiger partial charge < -0.3 is 20.7 Å². The summed E-state index contributed by atoms with van der Waals surface area (Å²) < 4.78 is 5.12. The maximum Gasteiger partial charge on any atom is 0.270 e. The Balaban J connectivity index is 1.60. The first-order valence-electron chi connectivity index (χ1n) is 11.6. The Kier molecular flexibility index (Phi) is 8.78. The Morgan fingerprint density at radius 1 is 0.914 bits per heavy atom. The number of pyridine rings is 1. The molecular weight excluding hydrogens is 444 g/mol. The highest BCUT2D eigenvalue weighted by molar-refractivity contribution is 5.99. The molecule has 0 saturated heterocycles. The normalized spacial score (nSPS) is 12.6. The average Bonchev–Trinajstić information content (AvgIpc) is 2.86. The van der Waals surface area contributed by atoms with E-state index in [1.165, 1.54) is 0 Å². The molecule has 184 valence electrons. The summed E-state index contributed by atoms with van der Waals surface area (Å²) in [6.45, 7) is 5.62. The number of carbonyl (C=O) groups is 3. The van der Waals surface area contributed by atoms with Gasteiger partial charge in [-0.05, 0) is 55.7 Å². The summed E-state index contributed by atoms with van der Waals surface area (Å²) in [5.41, 5.74) is 1.71.